The number of amides is 1. The summed E-state index contributed by atoms with van der Waals surface area (Å²) in [4.78, 5) is 11.5. The van der Waals surface area contributed by atoms with Gasteiger partial charge in [0.15, 0.2) is 0 Å². The van der Waals surface area contributed by atoms with Crippen LogP contribution in [0.15, 0.2) is 0 Å². The molecule has 3 heteroatoms. The van der Waals surface area contributed by atoms with Crippen LogP contribution in [0.5, 0.6) is 0 Å². The third kappa shape index (κ3) is 4.52. The number of carbonyl (C=O) groups excluding carboxylic acids is 1. The first-order chi connectivity index (χ1) is 7.84. The minimum absolute atomic E-state index is 0.169. The van der Waals surface area contributed by atoms with Crippen LogP contribution in [0.1, 0.15) is 51.4 Å². The Balaban J connectivity index is 1.43. The van der Waals surface area contributed by atoms with Gasteiger partial charge in [-0.15, -0.1) is 0 Å². The van der Waals surface area contributed by atoms with Crippen molar-refractivity contribution in [1.29, 1.82) is 0 Å². The number of carbonyl (C=O) groups is 1. The van der Waals surface area contributed by atoms with Crippen LogP contribution >= 0.6 is 0 Å². The molecule has 92 valence electrons. The second kappa shape index (κ2) is 6.24. The fraction of sp³-hybridized carbons (Fsp3) is 0.923. The van der Waals surface area contributed by atoms with Crippen LogP contribution in [0.25, 0.3) is 0 Å². The van der Waals surface area contributed by atoms with Gasteiger partial charge in [-0.05, 0) is 31.6 Å². The van der Waals surface area contributed by atoms with E-state index in [2.05, 4.69) is 10.6 Å². The first kappa shape index (κ1) is 11.9. The lowest BCUT2D eigenvalue weighted by molar-refractivity contribution is -0.120. The molecule has 0 aliphatic heterocycles. The van der Waals surface area contributed by atoms with E-state index in [0.29, 0.717) is 12.6 Å². The Morgan fingerprint density at radius 2 is 1.88 bits per heavy atom. The number of rotatable bonds is 7. The van der Waals surface area contributed by atoms with Gasteiger partial charge in [0.05, 0.1) is 6.54 Å². The van der Waals surface area contributed by atoms with E-state index in [1.54, 1.807) is 0 Å². The summed E-state index contributed by atoms with van der Waals surface area (Å²) >= 11 is 0. The van der Waals surface area contributed by atoms with Crippen LogP contribution in [0, 0.1) is 5.92 Å². The molecule has 2 aliphatic carbocycles. The summed E-state index contributed by atoms with van der Waals surface area (Å²) in [5.41, 5.74) is 0. The van der Waals surface area contributed by atoms with Crippen LogP contribution in [0.4, 0.5) is 0 Å². The van der Waals surface area contributed by atoms with Gasteiger partial charge in [0.1, 0.15) is 0 Å². The highest BCUT2D eigenvalue weighted by atomic mass is 16.1. The third-order valence-corrected chi connectivity index (χ3v) is 3.71. The van der Waals surface area contributed by atoms with Gasteiger partial charge in [-0.2, -0.15) is 0 Å². The van der Waals surface area contributed by atoms with E-state index in [1.165, 1.54) is 44.9 Å². The molecular weight excluding hydrogens is 200 g/mol. The normalized spacial score (nSPS) is 21.2. The summed E-state index contributed by atoms with van der Waals surface area (Å²) in [6, 6.07) is 0.595. The fourth-order valence-corrected chi connectivity index (χ4v) is 2.45. The monoisotopic (exact) mass is 224 g/mol. The smallest absolute Gasteiger partial charge is 0.233 e. The van der Waals surface area contributed by atoms with E-state index in [4.69, 9.17) is 0 Å². The zero-order chi connectivity index (χ0) is 11.2. The molecule has 0 heterocycles. The van der Waals surface area contributed by atoms with E-state index >= 15 is 0 Å². The second-order valence-electron chi connectivity index (χ2n) is 5.30. The first-order valence-electron chi connectivity index (χ1n) is 6.84. The maximum absolute atomic E-state index is 11.5. The number of hydrogen-bond acceptors (Lipinski definition) is 2. The molecule has 0 spiro atoms. The average molecular weight is 224 g/mol. The van der Waals surface area contributed by atoms with Gasteiger partial charge in [-0.3, -0.25) is 4.79 Å². The van der Waals surface area contributed by atoms with Crippen molar-refractivity contribution in [2.75, 3.05) is 13.1 Å². The van der Waals surface area contributed by atoms with Gasteiger partial charge in [0.2, 0.25) is 5.91 Å². The van der Waals surface area contributed by atoms with Crippen LogP contribution < -0.4 is 10.6 Å². The molecule has 2 rings (SSSR count). The quantitative estimate of drug-likeness (QED) is 0.648. The van der Waals surface area contributed by atoms with Crippen molar-refractivity contribution >= 4 is 5.91 Å². The molecule has 2 saturated carbocycles. The fourth-order valence-electron chi connectivity index (χ4n) is 2.45. The molecule has 0 atom stereocenters. The van der Waals surface area contributed by atoms with E-state index < -0.39 is 0 Å². The van der Waals surface area contributed by atoms with Crippen molar-refractivity contribution in [2.24, 2.45) is 5.92 Å². The summed E-state index contributed by atoms with van der Waals surface area (Å²) in [6.07, 6.45) is 10.4. The van der Waals surface area contributed by atoms with Crippen molar-refractivity contribution in [1.82, 2.24) is 10.6 Å². The van der Waals surface area contributed by atoms with Crippen molar-refractivity contribution in [3.63, 3.8) is 0 Å². The Kier molecular flexibility index (Phi) is 4.64. The third-order valence-electron chi connectivity index (χ3n) is 3.71. The van der Waals surface area contributed by atoms with Crippen molar-refractivity contribution in [3.8, 4) is 0 Å². The van der Waals surface area contributed by atoms with E-state index in [0.717, 1.165) is 18.9 Å². The largest absolute Gasteiger partial charge is 0.355 e. The molecule has 2 aliphatic rings. The topological polar surface area (TPSA) is 41.1 Å². The summed E-state index contributed by atoms with van der Waals surface area (Å²) in [6.45, 7) is 1.37. The predicted molar refractivity (Wildman–Crippen MR) is 65.2 cm³/mol. The minimum atomic E-state index is 0.169. The van der Waals surface area contributed by atoms with Crippen LogP contribution in [-0.4, -0.2) is 25.0 Å². The predicted octanol–water partition coefficient (Wildman–Crippen LogP) is 1.82. The van der Waals surface area contributed by atoms with Gasteiger partial charge in [-0.1, -0.05) is 25.7 Å². The SMILES string of the molecule is O=C(CNC1CCCC1)NCCCC1CC1. The first-order valence-corrected chi connectivity index (χ1v) is 6.84. The van der Waals surface area contributed by atoms with Crippen molar-refractivity contribution in [2.45, 2.75) is 57.4 Å². The highest BCUT2D eigenvalue weighted by Gasteiger charge is 2.20. The Bertz CT molecular complexity index is 220. The van der Waals surface area contributed by atoms with Gasteiger partial charge in [-0.25, -0.2) is 0 Å². The minimum Gasteiger partial charge on any atom is -0.355 e. The molecule has 2 N–H and O–H groups in total. The van der Waals surface area contributed by atoms with Crippen molar-refractivity contribution < 1.29 is 4.79 Å². The summed E-state index contributed by atoms with van der Waals surface area (Å²) < 4.78 is 0. The lowest BCUT2D eigenvalue weighted by atomic mass is 10.2. The number of hydrogen-bond donors (Lipinski definition) is 2. The standard InChI is InChI=1S/C13H24N2O/c16-13(10-15-12-5-1-2-6-12)14-9-3-4-11-7-8-11/h11-12,15H,1-10H2,(H,14,16). The molecule has 2 fully saturated rings. The Morgan fingerprint density at radius 3 is 2.56 bits per heavy atom. The Labute approximate surface area is 98.4 Å². The van der Waals surface area contributed by atoms with E-state index in [1.807, 2.05) is 0 Å². The second-order valence-corrected chi connectivity index (χ2v) is 5.30. The zero-order valence-electron chi connectivity index (χ0n) is 10.1. The number of nitrogens with one attached hydrogen (secondary N) is 2. The van der Waals surface area contributed by atoms with Gasteiger partial charge in [0.25, 0.3) is 0 Å². The summed E-state index contributed by atoms with van der Waals surface area (Å²) in [7, 11) is 0. The molecule has 3 nitrogen and oxygen atoms in total. The van der Waals surface area contributed by atoms with Crippen LogP contribution in [-0.2, 0) is 4.79 Å². The molecule has 16 heavy (non-hydrogen) atoms. The van der Waals surface area contributed by atoms with Gasteiger partial charge < -0.3 is 10.6 Å². The highest BCUT2D eigenvalue weighted by molar-refractivity contribution is 5.77. The zero-order valence-corrected chi connectivity index (χ0v) is 10.1. The maximum atomic E-state index is 11.5. The maximum Gasteiger partial charge on any atom is 0.233 e. The average Bonchev–Trinajstić information content (AvgIpc) is 2.96. The molecular formula is C13H24N2O. The van der Waals surface area contributed by atoms with Crippen LogP contribution in [0.3, 0.4) is 0 Å². The molecule has 0 aromatic rings. The van der Waals surface area contributed by atoms with Gasteiger partial charge >= 0.3 is 0 Å². The van der Waals surface area contributed by atoms with E-state index in [9.17, 15) is 4.79 Å². The highest BCUT2D eigenvalue weighted by Crippen LogP contribution is 2.33. The molecule has 0 unspecified atom stereocenters. The van der Waals surface area contributed by atoms with Gasteiger partial charge in [0, 0.05) is 12.6 Å². The Hall–Kier alpha value is -0.570. The van der Waals surface area contributed by atoms with E-state index in [-0.39, 0.29) is 5.91 Å². The van der Waals surface area contributed by atoms with Crippen LogP contribution in [0.2, 0.25) is 0 Å². The molecule has 0 aromatic heterocycles. The van der Waals surface area contributed by atoms with Crippen molar-refractivity contribution in [3.05, 3.63) is 0 Å². The molecule has 0 saturated heterocycles. The summed E-state index contributed by atoms with van der Waals surface area (Å²) in [5, 5.41) is 6.32. The Morgan fingerprint density at radius 1 is 1.12 bits per heavy atom. The molecule has 0 radical (unpaired) electrons. The summed E-state index contributed by atoms with van der Waals surface area (Å²) in [5.74, 6) is 1.15. The molecule has 0 aromatic carbocycles. The lowest BCUT2D eigenvalue weighted by Crippen LogP contribution is -2.38. The molecule has 1 amide bonds. The molecule has 0 bridgehead atoms. The lowest BCUT2D eigenvalue weighted by Gasteiger charge is -2.11.